The van der Waals surface area contributed by atoms with E-state index in [9.17, 15) is 4.79 Å². The van der Waals surface area contributed by atoms with E-state index in [-0.39, 0.29) is 11.3 Å². The summed E-state index contributed by atoms with van der Waals surface area (Å²) in [5.41, 5.74) is 1.24. The molecule has 0 spiro atoms. The first kappa shape index (κ1) is 14.8. The molecule has 1 atom stereocenters. The number of amides is 1. The van der Waals surface area contributed by atoms with E-state index < -0.39 is 0 Å². The first-order chi connectivity index (χ1) is 9.43. The van der Waals surface area contributed by atoms with Crippen molar-refractivity contribution in [1.82, 2.24) is 20.3 Å². The van der Waals surface area contributed by atoms with Crippen molar-refractivity contribution < 1.29 is 4.79 Å². The van der Waals surface area contributed by atoms with Crippen LogP contribution in [-0.4, -0.2) is 38.9 Å². The maximum atomic E-state index is 12.3. The van der Waals surface area contributed by atoms with Crippen LogP contribution in [0.3, 0.4) is 0 Å². The Kier molecular flexibility index (Phi) is 4.32. The van der Waals surface area contributed by atoms with Crippen molar-refractivity contribution in [1.29, 1.82) is 0 Å². The zero-order valence-corrected chi connectivity index (χ0v) is 13.0. The van der Waals surface area contributed by atoms with E-state index >= 15 is 0 Å². The number of aromatic nitrogens is 3. The lowest BCUT2D eigenvalue weighted by Crippen LogP contribution is -2.37. The van der Waals surface area contributed by atoms with Gasteiger partial charge in [-0.05, 0) is 17.7 Å². The quantitative estimate of drug-likeness (QED) is 0.908. The van der Waals surface area contributed by atoms with Gasteiger partial charge in [-0.25, -0.2) is 9.97 Å². The van der Waals surface area contributed by atoms with Gasteiger partial charge in [-0.3, -0.25) is 4.79 Å². The van der Waals surface area contributed by atoms with E-state index in [1.165, 1.54) is 6.33 Å². The maximum Gasteiger partial charge on any atom is 0.270 e. The molecule has 0 aliphatic heterocycles. The molecule has 2 N–H and O–H groups in total. The van der Waals surface area contributed by atoms with Crippen LogP contribution in [0.2, 0.25) is 0 Å². The molecule has 2 aromatic rings. The van der Waals surface area contributed by atoms with Gasteiger partial charge >= 0.3 is 0 Å². The third-order valence-electron chi connectivity index (χ3n) is 3.27. The third kappa shape index (κ3) is 3.12. The van der Waals surface area contributed by atoms with Gasteiger partial charge in [-0.2, -0.15) is 11.8 Å². The number of carbonyl (C=O) groups excluding carboxylic acids is 1. The Bertz CT molecular complexity index is 602. The molecule has 1 amide bonds. The Morgan fingerprint density at radius 2 is 2.20 bits per heavy atom. The molecule has 1 unspecified atom stereocenters. The normalized spacial score (nSPS) is 13.4. The molecule has 0 saturated carbocycles. The van der Waals surface area contributed by atoms with Crippen LogP contribution in [0.4, 0.5) is 0 Å². The van der Waals surface area contributed by atoms with Gasteiger partial charge in [0.15, 0.2) is 0 Å². The molecular weight excluding hydrogens is 272 g/mol. The average Bonchev–Trinajstić information content (AvgIpc) is 2.85. The van der Waals surface area contributed by atoms with Gasteiger partial charge < -0.3 is 10.3 Å². The number of hydrogen-bond donors (Lipinski definition) is 2. The summed E-state index contributed by atoms with van der Waals surface area (Å²) in [6.45, 7) is 7.15. The monoisotopic (exact) mass is 292 g/mol. The second-order valence-electron chi connectivity index (χ2n) is 5.76. The predicted molar refractivity (Wildman–Crippen MR) is 83.0 cm³/mol. The van der Waals surface area contributed by atoms with Crippen LogP contribution >= 0.6 is 11.8 Å². The standard InChI is InChI=1S/C14H20N4OS/c1-14(2,3)10(20-4)7-16-13(19)11-9-5-6-15-12(9)18-8-17-11/h5-6,8,10H,7H2,1-4H3,(H,16,19)(H,15,17,18). The summed E-state index contributed by atoms with van der Waals surface area (Å²) >= 11 is 1.77. The van der Waals surface area contributed by atoms with E-state index in [1.807, 2.05) is 6.07 Å². The number of aromatic amines is 1. The molecule has 2 aromatic heterocycles. The highest BCUT2D eigenvalue weighted by Gasteiger charge is 2.24. The number of nitrogens with zero attached hydrogens (tertiary/aromatic N) is 2. The Morgan fingerprint density at radius 1 is 1.45 bits per heavy atom. The molecule has 0 bridgehead atoms. The van der Waals surface area contributed by atoms with Crippen LogP contribution < -0.4 is 5.32 Å². The van der Waals surface area contributed by atoms with Gasteiger partial charge in [0.05, 0.1) is 5.39 Å². The zero-order chi connectivity index (χ0) is 14.8. The molecule has 0 aliphatic rings. The number of fused-ring (bicyclic) bond motifs is 1. The minimum atomic E-state index is -0.152. The van der Waals surface area contributed by atoms with Gasteiger partial charge in [0.25, 0.3) is 5.91 Å². The Balaban J connectivity index is 2.11. The lowest BCUT2D eigenvalue weighted by molar-refractivity contribution is 0.0947. The molecule has 0 fully saturated rings. The number of carbonyl (C=O) groups is 1. The van der Waals surface area contributed by atoms with Crippen molar-refractivity contribution >= 4 is 28.7 Å². The molecule has 5 nitrogen and oxygen atoms in total. The van der Waals surface area contributed by atoms with Gasteiger partial charge in [-0.1, -0.05) is 20.8 Å². The molecule has 0 aromatic carbocycles. The minimum Gasteiger partial charge on any atom is -0.350 e. The van der Waals surface area contributed by atoms with Gasteiger partial charge in [-0.15, -0.1) is 0 Å². The zero-order valence-electron chi connectivity index (χ0n) is 12.2. The molecule has 6 heteroatoms. The van der Waals surface area contributed by atoms with E-state index in [1.54, 1.807) is 18.0 Å². The summed E-state index contributed by atoms with van der Waals surface area (Å²) in [5.74, 6) is -0.152. The second kappa shape index (κ2) is 5.83. The van der Waals surface area contributed by atoms with Crippen molar-refractivity contribution in [3.05, 3.63) is 24.3 Å². The summed E-state index contributed by atoms with van der Waals surface area (Å²) in [4.78, 5) is 23.4. The highest BCUT2D eigenvalue weighted by molar-refractivity contribution is 7.99. The summed E-state index contributed by atoms with van der Waals surface area (Å²) in [6.07, 6.45) is 5.23. The molecular formula is C14H20N4OS. The summed E-state index contributed by atoms with van der Waals surface area (Å²) < 4.78 is 0. The van der Waals surface area contributed by atoms with Crippen LogP contribution in [0.5, 0.6) is 0 Å². The van der Waals surface area contributed by atoms with Gasteiger partial charge in [0, 0.05) is 18.0 Å². The van der Waals surface area contributed by atoms with E-state index in [4.69, 9.17) is 0 Å². The fourth-order valence-electron chi connectivity index (χ4n) is 2.07. The molecule has 20 heavy (non-hydrogen) atoms. The summed E-state index contributed by atoms with van der Waals surface area (Å²) in [5, 5.41) is 4.08. The number of rotatable bonds is 4. The number of hydrogen-bond acceptors (Lipinski definition) is 4. The largest absolute Gasteiger partial charge is 0.350 e. The number of thioether (sulfide) groups is 1. The first-order valence-electron chi connectivity index (χ1n) is 6.52. The van der Waals surface area contributed by atoms with Crippen molar-refractivity contribution in [2.75, 3.05) is 12.8 Å². The van der Waals surface area contributed by atoms with Gasteiger partial charge in [0.1, 0.15) is 17.7 Å². The van der Waals surface area contributed by atoms with Crippen LogP contribution in [0.1, 0.15) is 31.3 Å². The summed E-state index contributed by atoms with van der Waals surface area (Å²) in [6, 6.07) is 1.82. The van der Waals surface area contributed by atoms with E-state index in [2.05, 4.69) is 47.3 Å². The minimum absolute atomic E-state index is 0.141. The van der Waals surface area contributed by atoms with Crippen molar-refractivity contribution in [2.45, 2.75) is 26.0 Å². The van der Waals surface area contributed by atoms with Crippen LogP contribution in [0.25, 0.3) is 11.0 Å². The van der Waals surface area contributed by atoms with Crippen LogP contribution in [0, 0.1) is 5.41 Å². The van der Waals surface area contributed by atoms with Gasteiger partial charge in [0.2, 0.25) is 0 Å². The molecule has 0 saturated heterocycles. The highest BCUT2D eigenvalue weighted by Crippen LogP contribution is 2.28. The fourth-order valence-corrected chi connectivity index (χ4v) is 3.02. The van der Waals surface area contributed by atoms with E-state index in [0.717, 1.165) is 5.39 Å². The lowest BCUT2D eigenvalue weighted by atomic mass is 9.91. The Labute approximate surface area is 123 Å². The average molecular weight is 292 g/mol. The highest BCUT2D eigenvalue weighted by atomic mass is 32.2. The van der Waals surface area contributed by atoms with Crippen LogP contribution in [-0.2, 0) is 0 Å². The molecule has 0 radical (unpaired) electrons. The Hall–Kier alpha value is -1.56. The number of H-pyrrole nitrogens is 1. The summed E-state index contributed by atoms with van der Waals surface area (Å²) in [7, 11) is 0. The molecule has 0 aliphatic carbocycles. The van der Waals surface area contributed by atoms with E-state index in [0.29, 0.717) is 23.1 Å². The maximum absolute atomic E-state index is 12.3. The Morgan fingerprint density at radius 3 is 2.85 bits per heavy atom. The predicted octanol–water partition coefficient (Wildman–Crippen LogP) is 2.47. The van der Waals surface area contributed by atoms with Crippen molar-refractivity contribution in [2.24, 2.45) is 5.41 Å². The van der Waals surface area contributed by atoms with Crippen LogP contribution in [0.15, 0.2) is 18.6 Å². The van der Waals surface area contributed by atoms with Crippen molar-refractivity contribution in [3.63, 3.8) is 0 Å². The first-order valence-corrected chi connectivity index (χ1v) is 7.81. The topological polar surface area (TPSA) is 70.7 Å². The third-order valence-corrected chi connectivity index (χ3v) is 4.71. The molecule has 108 valence electrons. The second-order valence-corrected chi connectivity index (χ2v) is 6.80. The SMILES string of the molecule is CSC(CNC(=O)c1ncnc2[nH]ccc12)C(C)(C)C. The molecule has 2 rings (SSSR count). The van der Waals surface area contributed by atoms with Crippen molar-refractivity contribution in [3.8, 4) is 0 Å². The molecule has 2 heterocycles. The fraction of sp³-hybridized carbons (Fsp3) is 0.500. The smallest absolute Gasteiger partial charge is 0.270 e. The lowest BCUT2D eigenvalue weighted by Gasteiger charge is -2.29. The number of nitrogens with one attached hydrogen (secondary N) is 2.